The Bertz CT molecular complexity index is 553. The molecule has 1 aromatic carbocycles. The molecule has 0 unspecified atom stereocenters. The minimum Gasteiger partial charge on any atom is -0.330 e. The lowest BCUT2D eigenvalue weighted by atomic mass is 10.2. The fraction of sp³-hybridized carbons (Fsp3) is 0.286. The number of nitrogens with zero attached hydrogens (tertiary/aromatic N) is 3. The molecule has 1 aliphatic rings. The maximum atomic E-state index is 5.55. The summed E-state index contributed by atoms with van der Waals surface area (Å²) in [6, 6.07) is 10.4. The number of nitrogens with two attached hydrogens (primary N) is 1. The van der Waals surface area contributed by atoms with Crippen LogP contribution in [-0.2, 0) is 12.8 Å². The minimum atomic E-state index is 0.583. The summed E-state index contributed by atoms with van der Waals surface area (Å²) in [7, 11) is 0. The van der Waals surface area contributed by atoms with Crippen molar-refractivity contribution < 1.29 is 0 Å². The third-order valence-corrected chi connectivity index (χ3v) is 3.22. The summed E-state index contributed by atoms with van der Waals surface area (Å²) in [6.45, 7) is 1.57. The van der Waals surface area contributed by atoms with Crippen LogP contribution in [0.3, 0.4) is 0 Å². The Labute approximate surface area is 106 Å². The van der Waals surface area contributed by atoms with Crippen molar-refractivity contribution in [1.82, 2.24) is 9.97 Å². The predicted octanol–water partition coefficient (Wildman–Crippen LogP) is 1.67. The molecular formula is C14H16N4. The quantitative estimate of drug-likeness (QED) is 0.886. The van der Waals surface area contributed by atoms with Gasteiger partial charge in [-0.2, -0.15) is 0 Å². The molecule has 2 aromatic rings. The van der Waals surface area contributed by atoms with Gasteiger partial charge in [0, 0.05) is 24.8 Å². The van der Waals surface area contributed by atoms with Crippen molar-refractivity contribution in [2.24, 2.45) is 5.73 Å². The van der Waals surface area contributed by atoms with Gasteiger partial charge in [0.25, 0.3) is 0 Å². The van der Waals surface area contributed by atoms with Crippen molar-refractivity contribution >= 4 is 11.5 Å². The highest BCUT2D eigenvalue weighted by molar-refractivity contribution is 5.67. The van der Waals surface area contributed by atoms with Crippen LogP contribution in [-0.4, -0.2) is 23.1 Å². The van der Waals surface area contributed by atoms with Crippen molar-refractivity contribution in [3.63, 3.8) is 0 Å². The van der Waals surface area contributed by atoms with E-state index >= 15 is 0 Å². The summed E-state index contributed by atoms with van der Waals surface area (Å²) in [5.74, 6) is 1.79. The number of benzene rings is 1. The average Bonchev–Trinajstić information content (AvgIpc) is 2.83. The Morgan fingerprint density at radius 3 is 3.00 bits per heavy atom. The Balaban J connectivity index is 1.94. The molecule has 2 N–H and O–H groups in total. The van der Waals surface area contributed by atoms with Gasteiger partial charge < -0.3 is 10.6 Å². The Hall–Kier alpha value is -1.94. The lowest BCUT2D eigenvalue weighted by Crippen LogP contribution is -2.16. The lowest BCUT2D eigenvalue weighted by Gasteiger charge is -2.18. The molecule has 2 heterocycles. The van der Waals surface area contributed by atoms with Crippen LogP contribution in [0.5, 0.6) is 0 Å². The van der Waals surface area contributed by atoms with Crippen LogP contribution in [0.1, 0.15) is 11.4 Å². The molecule has 0 atom stereocenters. The van der Waals surface area contributed by atoms with Gasteiger partial charge in [-0.25, -0.2) is 9.97 Å². The predicted molar refractivity (Wildman–Crippen MR) is 71.9 cm³/mol. The smallest absolute Gasteiger partial charge is 0.136 e. The van der Waals surface area contributed by atoms with Crippen molar-refractivity contribution in [3.05, 3.63) is 47.9 Å². The van der Waals surface area contributed by atoms with Crippen molar-refractivity contribution in [2.45, 2.75) is 12.8 Å². The zero-order valence-corrected chi connectivity index (χ0v) is 10.2. The fourth-order valence-electron chi connectivity index (χ4n) is 2.36. The van der Waals surface area contributed by atoms with Gasteiger partial charge in [0.15, 0.2) is 0 Å². The van der Waals surface area contributed by atoms with E-state index in [1.165, 1.54) is 11.3 Å². The highest BCUT2D eigenvalue weighted by Gasteiger charge is 2.20. The topological polar surface area (TPSA) is 55.0 Å². The van der Waals surface area contributed by atoms with E-state index in [2.05, 4.69) is 39.1 Å². The molecule has 0 aliphatic carbocycles. The lowest BCUT2D eigenvalue weighted by molar-refractivity contribution is 0.854. The van der Waals surface area contributed by atoms with Gasteiger partial charge in [0.05, 0.1) is 0 Å². The van der Waals surface area contributed by atoms with E-state index in [0.717, 1.165) is 31.0 Å². The van der Waals surface area contributed by atoms with Crippen molar-refractivity contribution in [1.29, 1.82) is 0 Å². The van der Waals surface area contributed by atoms with Gasteiger partial charge in [-0.1, -0.05) is 18.2 Å². The Morgan fingerprint density at radius 2 is 2.11 bits per heavy atom. The molecule has 0 spiro atoms. The first-order chi connectivity index (χ1) is 8.88. The van der Waals surface area contributed by atoms with Crippen LogP contribution in [0, 0.1) is 0 Å². The standard InChI is InChI=1S/C14H16N4/c15-8-5-13-16-9-6-14(17-13)18-10-7-11-3-1-2-4-12(11)18/h1-4,6,9H,5,7-8,10,15H2. The average molecular weight is 240 g/mol. The number of hydrogen-bond acceptors (Lipinski definition) is 4. The summed E-state index contributed by atoms with van der Waals surface area (Å²) in [5.41, 5.74) is 8.19. The summed E-state index contributed by atoms with van der Waals surface area (Å²) < 4.78 is 0. The van der Waals surface area contributed by atoms with Crippen molar-refractivity contribution in [2.75, 3.05) is 18.0 Å². The van der Waals surface area contributed by atoms with E-state index in [4.69, 9.17) is 5.73 Å². The first-order valence-electron chi connectivity index (χ1n) is 6.26. The normalized spacial score (nSPS) is 13.7. The number of hydrogen-bond donors (Lipinski definition) is 1. The first-order valence-corrected chi connectivity index (χ1v) is 6.26. The van der Waals surface area contributed by atoms with Crippen LogP contribution in [0.25, 0.3) is 0 Å². The SMILES string of the molecule is NCCc1nccc(N2CCc3ccccc32)n1. The van der Waals surface area contributed by atoms with E-state index in [0.29, 0.717) is 6.54 Å². The molecule has 1 aromatic heterocycles. The van der Waals surface area contributed by atoms with Gasteiger partial charge >= 0.3 is 0 Å². The highest BCUT2D eigenvalue weighted by atomic mass is 15.2. The number of aromatic nitrogens is 2. The van der Waals surface area contributed by atoms with Gasteiger partial charge in [-0.3, -0.25) is 0 Å². The van der Waals surface area contributed by atoms with Gasteiger partial charge in [0.1, 0.15) is 11.6 Å². The summed E-state index contributed by atoms with van der Waals surface area (Å²) >= 11 is 0. The monoisotopic (exact) mass is 240 g/mol. The Kier molecular flexibility index (Phi) is 2.94. The molecule has 4 nitrogen and oxygen atoms in total. The van der Waals surface area contributed by atoms with Crippen molar-refractivity contribution in [3.8, 4) is 0 Å². The van der Waals surface area contributed by atoms with Crippen LogP contribution in [0.2, 0.25) is 0 Å². The Morgan fingerprint density at radius 1 is 1.22 bits per heavy atom. The van der Waals surface area contributed by atoms with E-state index in [1.807, 2.05) is 12.3 Å². The second kappa shape index (κ2) is 4.74. The summed E-state index contributed by atoms with van der Waals surface area (Å²) in [4.78, 5) is 11.1. The second-order valence-corrected chi connectivity index (χ2v) is 4.40. The number of fused-ring (bicyclic) bond motifs is 1. The summed E-state index contributed by atoms with van der Waals surface area (Å²) in [6.07, 6.45) is 3.62. The van der Waals surface area contributed by atoms with Crippen LogP contribution in [0.4, 0.5) is 11.5 Å². The molecule has 3 rings (SSSR count). The fourth-order valence-corrected chi connectivity index (χ4v) is 2.36. The highest BCUT2D eigenvalue weighted by Crippen LogP contribution is 2.32. The molecule has 0 fully saturated rings. The minimum absolute atomic E-state index is 0.583. The molecular weight excluding hydrogens is 224 g/mol. The first kappa shape index (κ1) is 11.2. The van der Waals surface area contributed by atoms with E-state index in [9.17, 15) is 0 Å². The maximum Gasteiger partial charge on any atom is 0.136 e. The maximum absolute atomic E-state index is 5.55. The molecule has 92 valence electrons. The van der Waals surface area contributed by atoms with Gasteiger partial charge in [0.2, 0.25) is 0 Å². The molecule has 18 heavy (non-hydrogen) atoms. The van der Waals surface area contributed by atoms with E-state index < -0.39 is 0 Å². The molecule has 0 amide bonds. The van der Waals surface area contributed by atoms with Crippen LogP contribution in [0.15, 0.2) is 36.5 Å². The van der Waals surface area contributed by atoms with E-state index in [1.54, 1.807) is 0 Å². The largest absolute Gasteiger partial charge is 0.330 e. The third-order valence-electron chi connectivity index (χ3n) is 3.22. The zero-order valence-electron chi connectivity index (χ0n) is 10.2. The molecule has 1 aliphatic heterocycles. The number of para-hydroxylation sites is 1. The molecule has 0 bridgehead atoms. The molecule has 0 saturated heterocycles. The van der Waals surface area contributed by atoms with E-state index in [-0.39, 0.29) is 0 Å². The third kappa shape index (κ3) is 1.95. The van der Waals surface area contributed by atoms with Crippen LogP contribution >= 0.6 is 0 Å². The number of anilines is 2. The summed E-state index contributed by atoms with van der Waals surface area (Å²) in [5, 5.41) is 0. The van der Waals surface area contributed by atoms with Crippen LogP contribution < -0.4 is 10.6 Å². The van der Waals surface area contributed by atoms with Gasteiger partial charge in [-0.05, 0) is 30.7 Å². The van der Waals surface area contributed by atoms with Gasteiger partial charge in [-0.15, -0.1) is 0 Å². The number of rotatable bonds is 3. The zero-order chi connectivity index (χ0) is 12.4. The second-order valence-electron chi connectivity index (χ2n) is 4.40. The molecule has 0 saturated carbocycles. The molecule has 0 radical (unpaired) electrons. The molecule has 4 heteroatoms.